The molecule has 0 atom stereocenters. The zero-order chi connectivity index (χ0) is 19.3. The van der Waals surface area contributed by atoms with Gasteiger partial charge in [0.05, 0.1) is 17.3 Å². The smallest absolute Gasteiger partial charge is 0.265 e. The summed E-state index contributed by atoms with van der Waals surface area (Å²) in [6, 6.07) is 8.80. The van der Waals surface area contributed by atoms with Crippen LogP contribution in [-0.2, 0) is 29.0 Å². The Morgan fingerprint density at radius 2 is 1.92 bits per heavy atom. The van der Waals surface area contributed by atoms with Crippen LogP contribution in [0.4, 0.5) is 0 Å². The van der Waals surface area contributed by atoms with E-state index in [0.29, 0.717) is 40.6 Å². The standard InChI is InChI=1S/C18H21N5O3/c1-4-15-18(26-14-8-6-13(10-19)7-9-14)16(5-2)22(21-15)11-17(25)23(20)12(3)24/h6-9H,4-5,11,20H2,1-3H3. The zero-order valence-corrected chi connectivity index (χ0v) is 15.0. The lowest BCUT2D eigenvalue weighted by Crippen LogP contribution is -2.43. The van der Waals surface area contributed by atoms with E-state index in [1.807, 2.05) is 13.8 Å². The van der Waals surface area contributed by atoms with E-state index in [1.54, 1.807) is 24.3 Å². The third-order valence-electron chi connectivity index (χ3n) is 3.84. The third-order valence-corrected chi connectivity index (χ3v) is 3.84. The van der Waals surface area contributed by atoms with Crippen molar-refractivity contribution in [3.8, 4) is 17.6 Å². The van der Waals surface area contributed by atoms with Crippen molar-refractivity contribution in [1.82, 2.24) is 14.8 Å². The summed E-state index contributed by atoms with van der Waals surface area (Å²) in [6.45, 7) is 4.93. The van der Waals surface area contributed by atoms with Crippen molar-refractivity contribution < 1.29 is 14.3 Å². The van der Waals surface area contributed by atoms with Crippen LogP contribution in [0.5, 0.6) is 11.5 Å². The van der Waals surface area contributed by atoms with Crippen LogP contribution in [0, 0.1) is 11.3 Å². The number of carbonyl (C=O) groups excluding carboxylic acids is 2. The SMILES string of the molecule is CCc1nn(CC(=O)N(N)C(C)=O)c(CC)c1Oc1ccc(C#N)cc1. The van der Waals surface area contributed by atoms with Crippen LogP contribution < -0.4 is 10.6 Å². The largest absolute Gasteiger partial charge is 0.453 e. The molecule has 0 unspecified atom stereocenters. The molecular weight excluding hydrogens is 334 g/mol. The summed E-state index contributed by atoms with van der Waals surface area (Å²) in [7, 11) is 0. The molecule has 0 spiro atoms. The molecule has 0 bridgehead atoms. The summed E-state index contributed by atoms with van der Waals surface area (Å²) in [5, 5.41) is 13.9. The van der Waals surface area contributed by atoms with Crippen molar-refractivity contribution in [2.75, 3.05) is 0 Å². The lowest BCUT2D eigenvalue weighted by molar-refractivity contribution is -0.144. The second kappa shape index (κ2) is 8.27. The molecule has 0 fully saturated rings. The van der Waals surface area contributed by atoms with E-state index >= 15 is 0 Å². The average Bonchev–Trinajstić information content (AvgIpc) is 2.97. The van der Waals surface area contributed by atoms with Gasteiger partial charge in [-0.15, -0.1) is 0 Å². The quantitative estimate of drug-likeness (QED) is 0.481. The topological polar surface area (TPSA) is 114 Å². The molecule has 2 amide bonds. The molecule has 8 nitrogen and oxygen atoms in total. The Labute approximate surface area is 151 Å². The van der Waals surface area contributed by atoms with Gasteiger partial charge in [0.25, 0.3) is 5.91 Å². The Kier molecular flexibility index (Phi) is 6.09. The van der Waals surface area contributed by atoms with Gasteiger partial charge in [-0.25, -0.2) is 10.9 Å². The van der Waals surface area contributed by atoms with E-state index in [1.165, 1.54) is 11.6 Å². The number of hydrazine groups is 1. The number of nitrogens with two attached hydrogens (primary N) is 1. The van der Waals surface area contributed by atoms with Gasteiger partial charge < -0.3 is 4.74 Å². The van der Waals surface area contributed by atoms with E-state index in [-0.39, 0.29) is 6.54 Å². The van der Waals surface area contributed by atoms with Gasteiger partial charge in [0.15, 0.2) is 5.75 Å². The second-order valence-electron chi connectivity index (χ2n) is 5.61. The molecule has 1 heterocycles. The van der Waals surface area contributed by atoms with E-state index < -0.39 is 11.8 Å². The number of ether oxygens (including phenoxy) is 1. The summed E-state index contributed by atoms with van der Waals surface area (Å²) in [6.07, 6.45) is 1.19. The minimum absolute atomic E-state index is 0.150. The molecule has 136 valence electrons. The Morgan fingerprint density at radius 3 is 2.42 bits per heavy atom. The van der Waals surface area contributed by atoms with E-state index in [0.717, 1.165) is 5.69 Å². The minimum Gasteiger partial charge on any atom is -0.453 e. The third kappa shape index (κ3) is 4.07. The van der Waals surface area contributed by atoms with E-state index in [4.69, 9.17) is 15.8 Å². The molecule has 0 aliphatic heterocycles. The first-order chi connectivity index (χ1) is 12.4. The Bertz CT molecular complexity index is 849. The highest BCUT2D eigenvalue weighted by Crippen LogP contribution is 2.30. The number of rotatable bonds is 6. The van der Waals surface area contributed by atoms with Crippen molar-refractivity contribution in [3.63, 3.8) is 0 Å². The highest BCUT2D eigenvalue weighted by atomic mass is 16.5. The molecule has 1 aromatic carbocycles. The number of imide groups is 1. The van der Waals surface area contributed by atoms with Gasteiger partial charge in [-0.1, -0.05) is 13.8 Å². The predicted octanol–water partition coefficient (Wildman–Crippen LogP) is 1.92. The average molecular weight is 355 g/mol. The minimum atomic E-state index is -0.553. The molecule has 2 aromatic rings. The van der Waals surface area contributed by atoms with Gasteiger partial charge in [0.2, 0.25) is 5.91 Å². The highest BCUT2D eigenvalue weighted by molar-refractivity contribution is 5.93. The number of aryl methyl sites for hydroxylation is 1. The first-order valence-corrected chi connectivity index (χ1v) is 8.26. The van der Waals surface area contributed by atoms with Crippen LogP contribution in [0.15, 0.2) is 24.3 Å². The molecule has 0 saturated heterocycles. The van der Waals surface area contributed by atoms with Crippen LogP contribution in [0.25, 0.3) is 0 Å². The molecule has 0 saturated carbocycles. The van der Waals surface area contributed by atoms with Gasteiger partial charge in [-0.2, -0.15) is 10.4 Å². The maximum Gasteiger partial charge on any atom is 0.265 e. The maximum atomic E-state index is 12.1. The summed E-state index contributed by atoms with van der Waals surface area (Å²) in [4.78, 5) is 23.4. The van der Waals surface area contributed by atoms with Gasteiger partial charge in [-0.3, -0.25) is 14.3 Å². The van der Waals surface area contributed by atoms with Gasteiger partial charge >= 0.3 is 0 Å². The molecular formula is C18H21N5O3. The first kappa shape index (κ1) is 19.1. The first-order valence-electron chi connectivity index (χ1n) is 8.26. The molecule has 2 rings (SSSR count). The molecule has 8 heteroatoms. The summed E-state index contributed by atoms with van der Waals surface area (Å²) in [5.41, 5.74) is 1.97. The second-order valence-corrected chi connectivity index (χ2v) is 5.61. The van der Waals surface area contributed by atoms with Crippen molar-refractivity contribution in [1.29, 1.82) is 5.26 Å². The lowest BCUT2D eigenvalue weighted by atomic mass is 10.2. The van der Waals surface area contributed by atoms with Crippen LogP contribution >= 0.6 is 0 Å². The van der Waals surface area contributed by atoms with Crippen molar-refractivity contribution in [3.05, 3.63) is 41.2 Å². The molecule has 2 N–H and O–H groups in total. The fourth-order valence-electron chi connectivity index (χ4n) is 2.45. The molecule has 0 aliphatic carbocycles. The van der Waals surface area contributed by atoms with E-state index in [2.05, 4.69) is 11.2 Å². The number of nitriles is 1. The maximum absolute atomic E-state index is 12.1. The number of aromatic nitrogens is 2. The normalized spacial score (nSPS) is 10.3. The van der Waals surface area contributed by atoms with Crippen molar-refractivity contribution in [2.45, 2.75) is 40.2 Å². The van der Waals surface area contributed by atoms with Crippen LogP contribution in [0.1, 0.15) is 37.7 Å². The molecule has 26 heavy (non-hydrogen) atoms. The fourth-order valence-corrected chi connectivity index (χ4v) is 2.45. The Hall–Kier alpha value is -3.18. The Balaban J connectivity index is 2.33. The lowest BCUT2D eigenvalue weighted by Gasteiger charge is -2.13. The van der Waals surface area contributed by atoms with Gasteiger partial charge in [0.1, 0.15) is 18.0 Å². The summed E-state index contributed by atoms with van der Waals surface area (Å²) < 4.78 is 7.49. The number of hydrogen-bond acceptors (Lipinski definition) is 6. The van der Waals surface area contributed by atoms with Crippen molar-refractivity contribution in [2.24, 2.45) is 5.84 Å². The molecule has 0 radical (unpaired) electrons. The van der Waals surface area contributed by atoms with Gasteiger partial charge in [-0.05, 0) is 37.1 Å². The number of amides is 2. The van der Waals surface area contributed by atoms with Crippen LogP contribution in [-0.4, -0.2) is 26.6 Å². The number of carbonyl (C=O) groups is 2. The van der Waals surface area contributed by atoms with Crippen LogP contribution in [0.2, 0.25) is 0 Å². The predicted molar refractivity (Wildman–Crippen MR) is 93.9 cm³/mol. The number of benzene rings is 1. The Morgan fingerprint density at radius 1 is 1.27 bits per heavy atom. The van der Waals surface area contributed by atoms with Gasteiger partial charge in [0, 0.05) is 6.92 Å². The van der Waals surface area contributed by atoms with Crippen molar-refractivity contribution >= 4 is 11.8 Å². The zero-order valence-electron chi connectivity index (χ0n) is 15.0. The highest BCUT2D eigenvalue weighted by Gasteiger charge is 2.22. The summed E-state index contributed by atoms with van der Waals surface area (Å²) >= 11 is 0. The fraction of sp³-hybridized carbons (Fsp3) is 0.333. The summed E-state index contributed by atoms with van der Waals surface area (Å²) in [5.74, 6) is 5.53. The monoisotopic (exact) mass is 355 g/mol. The number of nitrogens with zero attached hydrogens (tertiary/aromatic N) is 4. The molecule has 0 aliphatic rings. The molecule has 1 aromatic heterocycles. The number of hydrogen-bond donors (Lipinski definition) is 1. The van der Waals surface area contributed by atoms with Crippen LogP contribution in [0.3, 0.4) is 0 Å². The van der Waals surface area contributed by atoms with E-state index in [9.17, 15) is 9.59 Å².